The van der Waals surface area contributed by atoms with Gasteiger partial charge in [0.05, 0.1) is 11.7 Å². The Bertz CT molecular complexity index is 749. The van der Waals surface area contributed by atoms with E-state index in [2.05, 4.69) is 35.3 Å². The minimum absolute atomic E-state index is 0.0826. The number of carbonyl (C=O) groups excluding carboxylic acids is 1. The minimum atomic E-state index is -0.253. The van der Waals surface area contributed by atoms with Crippen molar-refractivity contribution in [3.05, 3.63) is 59.8 Å². The Morgan fingerprint density at radius 2 is 1.81 bits per heavy atom. The van der Waals surface area contributed by atoms with Crippen LogP contribution in [0.15, 0.2) is 48.7 Å². The van der Waals surface area contributed by atoms with Crippen LogP contribution in [0, 0.1) is 5.92 Å². The molecule has 1 aromatic heterocycles. The van der Waals surface area contributed by atoms with Crippen LogP contribution in [0.3, 0.4) is 0 Å². The van der Waals surface area contributed by atoms with Gasteiger partial charge in [-0.1, -0.05) is 30.3 Å². The maximum Gasteiger partial charge on any atom is 0.255 e. The summed E-state index contributed by atoms with van der Waals surface area (Å²) in [6, 6.07) is 14.4. The van der Waals surface area contributed by atoms with Gasteiger partial charge in [0.1, 0.15) is 5.82 Å². The van der Waals surface area contributed by atoms with Gasteiger partial charge in [-0.15, -0.1) is 0 Å². The van der Waals surface area contributed by atoms with Crippen LogP contribution in [0.4, 0.5) is 5.82 Å². The van der Waals surface area contributed by atoms with Gasteiger partial charge >= 0.3 is 0 Å². The van der Waals surface area contributed by atoms with Crippen LogP contribution in [0.25, 0.3) is 0 Å². The molecule has 142 valence electrons. The maximum absolute atomic E-state index is 12.7. The van der Waals surface area contributed by atoms with E-state index < -0.39 is 0 Å². The number of carbonyl (C=O) groups is 1. The van der Waals surface area contributed by atoms with E-state index in [0.29, 0.717) is 24.6 Å². The zero-order chi connectivity index (χ0) is 18.6. The molecule has 1 N–H and O–H groups in total. The third kappa shape index (κ3) is 4.30. The minimum Gasteiger partial charge on any atom is -0.389 e. The fourth-order valence-electron chi connectivity index (χ4n) is 3.96. The average Bonchev–Trinajstić information content (AvgIpc) is 2.71. The lowest BCUT2D eigenvalue weighted by molar-refractivity contribution is 0.0686. The predicted octanol–water partition coefficient (Wildman–Crippen LogP) is 2.75. The number of hydrogen-bond donors (Lipinski definition) is 1. The first-order chi connectivity index (χ1) is 13.2. The molecule has 3 heterocycles. The Kier molecular flexibility index (Phi) is 5.39. The lowest BCUT2D eigenvalue weighted by Crippen LogP contribution is -2.51. The fraction of sp³-hybridized carbons (Fsp3) is 0.455. The van der Waals surface area contributed by atoms with Crippen molar-refractivity contribution in [3.8, 4) is 0 Å². The van der Waals surface area contributed by atoms with E-state index in [1.807, 2.05) is 21.9 Å². The Morgan fingerprint density at radius 1 is 1.07 bits per heavy atom. The third-order valence-corrected chi connectivity index (χ3v) is 5.77. The van der Waals surface area contributed by atoms with Crippen LogP contribution in [0.1, 0.15) is 35.2 Å². The monoisotopic (exact) mass is 365 g/mol. The van der Waals surface area contributed by atoms with Crippen molar-refractivity contribution in [1.82, 2.24) is 9.88 Å². The van der Waals surface area contributed by atoms with Crippen molar-refractivity contribution in [2.75, 3.05) is 31.1 Å². The fourth-order valence-corrected chi connectivity index (χ4v) is 3.96. The molecule has 0 saturated carbocycles. The van der Waals surface area contributed by atoms with Gasteiger partial charge in [-0.25, -0.2) is 4.98 Å². The Labute approximate surface area is 160 Å². The van der Waals surface area contributed by atoms with Crippen LogP contribution < -0.4 is 4.90 Å². The van der Waals surface area contributed by atoms with Crippen molar-refractivity contribution in [3.63, 3.8) is 0 Å². The molecule has 27 heavy (non-hydrogen) atoms. The van der Waals surface area contributed by atoms with E-state index >= 15 is 0 Å². The highest BCUT2D eigenvalue weighted by molar-refractivity contribution is 5.94. The Balaban J connectivity index is 1.26. The molecule has 1 amide bonds. The summed E-state index contributed by atoms with van der Waals surface area (Å²) in [6.45, 7) is 2.91. The molecule has 2 aromatic rings. The summed E-state index contributed by atoms with van der Waals surface area (Å²) in [5.41, 5.74) is 2.06. The second-order valence-electron chi connectivity index (χ2n) is 7.72. The van der Waals surface area contributed by atoms with Gasteiger partial charge in [-0.2, -0.15) is 0 Å². The number of nitrogens with zero attached hydrogens (tertiary/aromatic N) is 3. The molecule has 2 saturated heterocycles. The van der Waals surface area contributed by atoms with Crippen LogP contribution in [0.2, 0.25) is 0 Å². The van der Waals surface area contributed by atoms with Gasteiger partial charge in [-0.05, 0) is 49.3 Å². The SMILES string of the molecule is O=C(c1ccc(N2CC(O)C2)nc1)N1CCC(CCc2ccccc2)CC1. The molecule has 0 bridgehead atoms. The number of rotatable bonds is 5. The molecule has 2 aliphatic rings. The van der Waals surface area contributed by atoms with Crippen LogP contribution in [-0.2, 0) is 6.42 Å². The zero-order valence-electron chi connectivity index (χ0n) is 15.6. The number of hydrogen-bond acceptors (Lipinski definition) is 4. The standard InChI is InChI=1S/C22H27N3O2/c26-20-15-25(16-20)21-9-8-19(14-23-21)22(27)24-12-10-18(11-13-24)7-6-17-4-2-1-3-5-17/h1-5,8-9,14,18,20,26H,6-7,10-13,15-16H2. The lowest BCUT2D eigenvalue weighted by Gasteiger charge is -2.37. The van der Waals surface area contributed by atoms with Crippen molar-refractivity contribution in [2.45, 2.75) is 31.8 Å². The van der Waals surface area contributed by atoms with Gasteiger partial charge in [0, 0.05) is 32.4 Å². The van der Waals surface area contributed by atoms with Crippen LogP contribution >= 0.6 is 0 Å². The third-order valence-electron chi connectivity index (χ3n) is 5.77. The van der Waals surface area contributed by atoms with Gasteiger partial charge in [-0.3, -0.25) is 4.79 Å². The molecule has 2 aliphatic heterocycles. The highest BCUT2D eigenvalue weighted by atomic mass is 16.3. The number of benzene rings is 1. The molecule has 0 spiro atoms. The Hall–Kier alpha value is -2.40. The van der Waals surface area contributed by atoms with Gasteiger partial charge in [0.15, 0.2) is 0 Å². The molecule has 0 atom stereocenters. The number of amides is 1. The number of aliphatic hydroxyl groups excluding tert-OH is 1. The summed E-state index contributed by atoms with van der Waals surface area (Å²) < 4.78 is 0. The number of piperidine rings is 1. The summed E-state index contributed by atoms with van der Waals surface area (Å²) in [4.78, 5) is 21.1. The quantitative estimate of drug-likeness (QED) is 0.885. The van der Waals surface area contributed by atoms with E-state index in [-0.39, 0.29) is 12.0 Å². The summed E-state index contributed by atoms with van der Waals surface area (Å²) in [6.07, 6.45) is 5.89. The number of anilines is 1. The summed E-state index contributed by atoms with van der Waals surface area (Å²) >= 11 is 0. The van der Waals surface area contributed by atoms with E-state index in [1.165, 1.54) is 12.0 Å². The number of aromatic nitrogens is 1. The Morgan fingerprint density at radius 3 is 2.44 bits per heavy atom. The molecule has 4 rings (SSSR count). The smallest absolute Gasteiger partial charge is 0.255 e. The lowest BCUT2D eigenvalue weighted by atomic mass is 9.90. The number of β-amino-alcohol motifs (C(OH)–C–C–N with tert-alkyl or cyclic N) is 1. The summed E-state index contributed by atoms with van der Waals surface area (Å²) in [7, 11) is 0. The topological polar surface area (TPSA) is 56.7 Å². The molecule has 0 aliphatic carbocycles. The van der Waals surface area contributed by atoms with Crippen LogP contribution in [-0.4, -0.2) is 53.2 Å². The summed E-state index contributed by atoms with van der Waals surface area (Å²) in [5.74, 6) is 1.61. The second-order valence-corrected chi connectivity index (χ2v) is 7.72. The number of pyridine rings is 1. The number of likely N-dealkylation sites (tertiary alicyclic amines) is 1. The first-order valence-corrected chi connectivity index (χ1v) is 9.91. The van der Waals surface area contributed by atoms with Crippen molar-refractivity contribution in [2.24, 2.45) is 5.92 Å². The van der Waals surface area contributed by atoms with Crippen LogP contribution in [0.5, 0.6) is 0 Å². The van der Waals surface area contributed by atoms with Gasteiger partial charge in [0.25, 0.3) is 5.91 Å². The molecule has 5 heteroatoms. The largest absolute Gasteiger partial charge is 0.389 e. The summed E-state index contributed by atoms with van der Waals surface area (Å²) in [5, 5.41) is 9.39. The van der Waals surface area contributed by atoms with E-state index in [1.54, 1.807) is 6.20 Å². The average molecular weight is 365 g/mol. The first-order valence-electron chi connectivity index (χ1n) is 9.91. The normalized spacial score (nSPS) is 18.4. The van der Waals surface area contributed by atoms with Gasteiger partial charge in [0.2, 0.25) is 0 Å². The molecule has 0 unspecified atom stereocenters. The van der Waals surface area contributed by atoms with E-state index in [9.17, 15) is 9.90 Å². The van der Waals surface area contributed by atoms with Crippen molar-refractivity contribution in [1.29, 1.82) is 0 Å². The molecule has 0 radical (unpaired) electrons. The molecule has 5 nitrogen and oxygen atoms in total. The van der Waals surface area contributed by atoms with Crippen molar-refractivity contribution >= 4 is 11.7 Å². The first kappa shape index (κ1) is 18.0. The number of aliphatic hydroxyl groups is 1. The molecule has 1 aromatic carbocycles. The number of aryl methyl sites for hydroxylation is 1. The maximum atomic E-state index is 12.7. The molecule has 2 fully saturated rings. The molecular weight excluding hydrogens is 338 g/mol. The second kappa shape index (κ2) is 8.09. The highest BCUT2D eigenvalue weighted by Crippen LogP contribution is 2.24. The predicted molar refractivity (Wildman–Crippen MR) is 106 cm³/mol. The highest BCUT2D eigenvalue weighted by Gasteiger charge is 2.26. The van der Waals surface area contributed by atoms with E-state index in [4.69, 9.17) is 0 Å². The van der Waals surface area contributed by atoms with Crippen molar-refractivity contribution < 1.29 is 9.90 Å². The molecular formula is C22H27N3O2. The zero-order valence-corrected chi connectivity index (χ0v) is 15.6. The van der Waals surface area contributed by atoms with Gasteiger partial charge < -0.3 is 14.9 Å². The van der Waals surface area contributed by atoms with E-state index in [0.717, 1.165) is 38.2 Å².